The second-order valence-corrected chi connectivity index (χ2v) is 5.44. The number of rotatable bonds is 2. The summed E-state index contributed by atoms with van der Waals surface area (Å²) >= 11 is 5.65. The normalized spacial score (nSPS) is 20.1. The van der Waals surface area contributed by atoms with Gasteiger partial charge in [0, 0.05) is 0 Å². The topological polar surface area (TPSA) is 43.1 Å². The number of carbonyl (C=O) groups is 1. The fourth-order valence-electron chi connectivity index (χ4n) is 2.75. The highest BCUT2D eigenvalue weighted by Gasteiger charge is 2.40. The second kappa shape index (κ2) is 5.57. The van der Waals surface area contributed by atoms with Gasteiger partial charge in [0.05, 0.1) is 5.54 Å². The van der Waals surface area contributed by atoms with Gasteiger partial charge in [-0.3, -0.25) is 4.79 Å². The zero-order chi connectivity index (χ0) is 13.5. The van der Waals surface area contributed by atoms with Gasteiger partial charge in [0.15, 0.2) is 0 Å². The Morgan fingerprint density at radius 3 is 2.40 bits per heavy atom. The summed E-state index contributed by atoms with van der Waals surface area (Å²) < 4.78 is 0. The molecule has 0 fully saturated rings. The fraction of sp³-hybridized carbons (Fsp3) is 0.188. The van der Waals surface area contributed by atoms with Crippen LogP contribution in [0.2, 0.25) is 0 Å². The van der Waals surface area contributed by atoms with Crippen LogP contribution in [0.15, 0.2) is 48.5 Å². The van der Waals surface area contributed by atoms with E-state index in [2.05, 4.69) is 18.2 Å². The molecule has 4 heteroatoms. The third kappa shape index (κ3) is 2.47. The molecule has 2 N–H and O–H groups in total. The van der Waals surface area contributed by atoms with Gasteiger partial charge in [0.25, 0.3) is 0 Å². The summed E-state index contributed by atoms with van der Waals surface area (Å²) in [6.07, 6.45) is 1.03. The smallest absolute Gasteiger partial charge is 0.242 e. The summed E-state index contributed by atoms with van der Waals surface area (Å²) in [6.45, 7) is 0. The predicted molar refractivity (Wildman–Crippen MR) is 84.3 cm³/mol. The van der Waals surface area contributed by atoms with Crippen LogP contribution in [0.1, 0.15) is 11.1 Å². The molecule has 0 aromatic heterocycles. The van der Waals surface area contributed by atoms with E-state index in [0.29, 0.717) is 12.8 Å². The highest BCUT2D eigenvalue weighted by atomic mass is 35.5. The summed E-state index contributed by atoms with van der Waals surface area (Å²) in [6, 6.07) is 16.2. The van der Waals surface area contributed by atoms with Crippen molar-refractivity contribution in [3.63, 3.8) is 0 Å². The Labute approximate surface area is 129 Å². The van der Waals surface area contributed by atoms with Crippen LogP contribution in [0, 0.1) is 0 Å². The first-order valence-corrected chi connectivity index (χ1v) is 6.63. The maximum atomic E-state index is 11.5. The minimum absolute atomic E-state index is 0. The van der Waals surface area contributed by atoms with Crippen molar-refractivity contribution in [3.05, 3.63) is 59.7 Å². The molecule has 104 valence electrons. The molecule has 20 heavy (non-hydrogen) atoms. The van der Waals surface area contributed by atoms with E-state index >= 15 is 0 Å². The first-order chi connectivity index (χ1) is 9.10. The molecule has 0 heterocycles. The number of carbonyl (C=O) groups excluding carboxylic acids is 1. The first-order valence-electron chi connectivity index (χ1n) is 6.25. The van der Waals surface area contributed by atoms with Crippen LogP contribution in [0.3, 0.4) is 0 Å². The second-order valence-electron chi connectivity index (χ2n) is 5.09. The quantitative estimate of drug-likeness (QED) is 0.865. The third-order valence-corrected chi connectivity index (χ3v) is 4.12. The lowest BCUT2D eigenvalue weighted by Gasteiger charge is -2.17. The summed E-state index contributed by atoms with van der Waals surface area (Å²) in [7, 11) is 0. The monoisotopic (exact) mass is 307 g/mol. The Bertz CT molecular complexity index is 642. The van der Waals surface area contributed by atoms with Gasteiger partial charge < -0.3 is 5.73 Å². The van der Waals surface area contributed by atoms with E-state index in [0.717, 1.165) is 22.3 Å². The molecule has 0 bridgehead atoms. The Hall–Kier alpha value is -1.35. The van der Waals surface area contributed by atoms with Crippen molar-refractivity contribution in [2.24, 2.45) is 5.73 Å². The van der Waals surface area contributed by atoms with Crippen molar-refractivity contribution in [3.8, 4) is 11.1 Å². The van der Waals surface area contributed by atoms with Gasteiger partial charge in [-0.1, -0.05) is 48.5 Å². The number of nitrogens with two attached hydrogens (primary N) is 1. The first kappa shape index (κ1) is 15.0. The number of fused-ring (bicyclic) bond motifs is 1. The lowest BCUT2D eigenvalue weighted by molar-refractivity contribution is -0.116. The van der Waals surface area contributed by atoms with Gasteiger partial charge in [-0.05, 0) is 46.7 Å². The Kier molecular flexibility index (Phi) is 4.19. The van der Waals surface area contributed by atoms with E-state index in [1.807, 2.05) is 30.3 Å². The lowest BCUT2D eigenvalue weighted by Crippen LogP contribution is -2.46. The average molecular weight is 308 g/mol. The Morgan fingerprint density at radius 2 is 1.75 bits per heavy atom. The number of benzene rings is 2. The van der Waals surface area contributed by atoms with E-state index in [1.165, 1.54) is 0 Å². The van der Waals surface area contributed by atoms with Crippen LogP contribution in [0.4, 0.5) is 0 Å². The lowest BCUT2D eigenvalue weighted by atomic mass is 9.95. The van der Waals surface area contributed by atoms with Crippen LogP contribution in [-0.2, 0) is 17.6 Å². The van der Waals surface area contributed by atoms with Crippen molar-refractivity contribution in [1.82, 2.24) is 0 Å². The molecule has 0 amide bonds. The molecule has 0 saturated heterocycles. The van der Waals surface area contributed by atoms with E-state index in [9.17, 15) is 4.79 Å². The van der Waals surface area contributed by atoms with Crippen molar-refractivity contribution in [1.29, 1.82) is 0 Å². The molecule has 0 radical (unpaired) electrons. The van der Waals surface area contributed by atoms with Crippen LogP contribution in [-0.4, -0.2) is 10.8 Å². The molecule has 2 aromatic rings. The number of halogens is 2. The molecule has 3 rings (SSSR count). The Balaban J connectivity index is 0.00000147. The van der Waals surface area contributed by atoms with Crippen LogP contribution in [0.25, 0.3) is 11.1 Å². The molecule has 0 saturated carbocycles. The molecule has 1 aliphatic rings. The molecular formula is C16H15Cl2NO. The molecular weight excluding hydrogens is 293 g/mol. The van der Waals surface area contributed by atoms with E-state index in [-0.39, 0.29) is 12.4 Å². The van der Waals surface area contributed by atoms with Gasteiger partial charge in [-0.15, -0.1) is 12.4 Å². The van der Waals surface area contributed by atoms with E-state index in [1.54, 1.807) is 0 Å². The molecule has 0 aliphatic heterocycles. The summed E-state index contributed by atoms with van der Waals surface area (Å²) in [5, 5.41) is -0.456. The SMILES string of the molecule is Cl.NC1(C(=O)Cl)Cc2cccc(-c3ccccc3)c2C1. The van der Waals surface area contributed by atoms with Gasteiger partial charge in [-0.25, -0.2) is 0 Å². The van der Waals surface area contributed by atoms with Gasteiger partial charge in [0.1, 0.15) is 0 Å². The van der Waals surface area contributed by atoms with Crippen molar-refractivity contribution >= 4 is 29.3 Å². The molecule has 1 aliphatic carbocycles. The standard InChI is InChI=1S/C16H14ClNO.ClH/c17-15(19)16(18)9-12-7-4-8-13(14(12)10-16)11-5-2-1-3-6-11;/h1-8H,9-10,18H2;1H. The number of hydrogen-bond donors (Lipinski definition) is 1. The molecule has 2 nitrogen and oxygen atoms in total. The van der Waals surface area contributed by atoms with Crippen molar-refractivity contribution in [2.75, 3.05) is 0 Å². The van der Waals surface area contributed by atoms with Crippen molar-refractivity contribution in [2.45, 2.75) is 18.4 Å². The predicted octanol–water partition coefficient (Wildman–Crippen LogP) is 3.34. The van der Waals surface area contributed by atoms with Crippen molar-refractivity contribution < 1.29 is 4.79 Å². The van der Waals surface area contributed by atoms with Crippen LogP contribution < -0.4 is 5.73 Å². The highest BCUT2D eigenvalue weighted by molar-refractivity contribution is 6.65. The maximum absolute atomic E-state index is 11.5. The molecule has 0 spiro atoms. The summed E-state index contributed by atoms with van der Waals surface area (Å²) in [5.41, 5.74) is 9.72. The minimum atomic E-state index is -0.950. The van der Waals surface area contributed by atoms with Crippen LogP contribution >= 0.6 is 24.0 Å². The maximum Gasteiger partial charge on any atom is 0.242 e. The van der Waals surface area contributed by atoms with Gasteiger partial charge in [0.2, 0.25) is 5.24 Å². The fourth-order valence-corrected chi connectivity index (χ4v) is 2.89. The molecule has 1 unspecified atom stereocenters. The average Bonchev–Trinajstić information content (AvgIpc) is 2.77. The van der Waals surface area contributed by atoms with Gasteiger partial charge >= 0.3 is 0 Å². The zero-order valence-corrected chi connectivity index (χ0v) is 12.4. The zero-order valence-electron chi connectivity index (χ0n) is 10.8. The largest absolute Gasteiger partial charge is 0.317 e. The number of hydrogen-bond acceptors (Lipinski definition) is 2. The summed E-state index contributed by atoms with van der Waals surface area (Å²) in [5.74, 6) is 0. The molecule has 2 aromatic carbocycles. The summed E-state index contributed by atoms with van der Waals surface area (Å²) in [4.78, 5) is 11.5. The minimum Gasteiger partial charge on any atom is -0.317 e. The van der Waals surface area contributed by atoms with E-state index in [4.69, 9.17) is 17.3 Å². The van der Waals surface area contributed by atoms with E-state index < -0.39 is 10.8 Å². The highest BCUT2D eigenvalue weighted by Crippen LogP contribution is 2.36. The van der Waals surface area contributed by atoms with Crippen LogP contribution in [0.5, 0.6) is 0 Å². The van der Waals surface area contributed by atoms with Gasteiger partial charge in [-0.2, -0.15) is 0 Å². The Morgan fingerprint density at radius 1 is 1.05 bits per heavy atom. The molecule has 1 atom stereocenters. The third-order valence-electron chi connectivity index (χ3n) is 3.75.